The fraction of sp³-hybridized carbons (Fsp3) is 0.300. The molecule has 0 spiro atoms. The predicted octanol–water partition coefficient (Wildman–Crippen LogP) is 0.515. The Morgan fingerprint density at radius 2 is 2.20 bits per heavy atom. The van der Waals surface area contributed by atoms with Gasteiger partial charge in [-0.2, -0.15) is 0 Å². The second-order valence-electron chi connectivity index (χ2n) is 2.95. The van der Waals surface area contributed by atoms with Gasteiger partial charge in [-0.1, -0.05) is 6.07 Å². The SMILES string of the molecule is CCN(Cc1ccccn1)C(=O)C(=O)O. The molecule has 1 rings (SSSR count). The molecule has 1 aromatic rings. The van der Waals surface area contributed by atoms with Gasteiger partial charge in [0.15, 0.2) is 0 Å². The summed E-state index contributed by atoms with van der Waals surface area (Å²) in [6.07, 6.45) is 1.61. The van der Waals surface area contributed by atoms with Crippen LogP contribution in [0.4, 0.5) is 0 Å². The highest BCUT2D eigenvalue weighted by Crippen LogP contribution is 2.01. The highest BCUT2D eigenvalue weighted by atomic mass is 16.4. The standard InChI is InChI=1S/C10H12N2O3/c1-2-12(9(13)10(14)15)7-8-5-3-4-6-11-8/h3-6H,2,7H2,1H3,(H,14,15). The van der Waals surface area contributed by atoms with Crippen LogP contribution in [0.15, 0.2) is 24.4 Å². The first-order valence-electron chi connectivity index (χ1n) is 4.57. The average molecular weight is 208 g/mol. The number of carboxylic acids is 1. The van der Waals surface area contributed by atoms with E-state index in [-0.39, 0.29) is 6.54 Å². The third-order valence-corrected chi connectivity index (χ3v) is 1.93. The molecule has 0 aromatic carbocycles. The van der Waals surface area contributed by atoms with E-state index in [9.17, 15) is 9.59 Å². The molecule has 15 heavy (non-hydrogen) atoms. The summed E-state index contributed by atoms with van der Waals surface area (Å²) in [6, 6.07) is 5.30. The number of pyridine rings is 1. The highest BCUT2D eigenvalue weighted by Gasteiger charge is 2.19. The van der Waals surface area contributed by atoms with Crippen LogP contribution in [0, 0.1) is 0 Å². The molecule has 0 saturated carbocycles. The Morgan fingerprint density at radius 1 is 1.47 bits per heavy atom. The van der Waals surface area contributed by atoms with Crippen LogP contribution >= 0.6 is 0 Å². The molecule has 0 radical (unpaired) electrons. The summed E-state index contributed by atoms with van der Waals surface area (Å²) in [5.74, 6) is -2.34. The minimum absolute atomic E-state index is 0.225. The predicted molar refractivity (Wildman–Crippen MR) is 53.0 cm³/mol. The number of nitrogens with zero attached hydrogens (tertiary/aromatic N) is 2. The maximum Gasteiger partial charge on any atom is 0.394 e. The van der Waals surface area contributed by atoms with Crippen molar-refractivity contribution in [1.29, 1.82) is 0 Å². The largest absolute Gasteiger partial charge is 0.474 e. The lowest BCUT2D eigenvalue weighted by Crippen LogP contribution is -2.35. The zero-order valence-corrected chi connectivity index (χ0v) is 8.38. The lowest BCUT2D eigenvalue weighted by molar-refractivity contribution is -0.156. The molecule has 1 heterocycles. The number of carboxylic acid groups (broad SMARTS) is 1. The van der Waals surface area contributed by atoms with E-state index in [1.54, 1.807) is 31.3 Å². The van der Waals surface area contributed by atoms with E-state index < -0.39 is 11.9 Å². The Labute approximate surface area is 87.4 Å². The van der Waals surface area contributed by atoms with E-state index in [1.165, 1.54) is 4.90 Å². The van der Waals surface area contributed by atoms with Crippen LogP contribution in [-0.4, -0.2) is 33.4 Å². The average Bonchev–Trinajstić information content (AvgIpc) is 2.26. The fourth-order valence-electron chi connectivity index (χ4n) is 1.15. The van der Waals surface area contributed by atoms with E-state index in [0.717, 1.165) is 0 Å². The van der Waals surface area contributed by atoms with Crippen LogP contribution in [0.3, 0.4) is 0 Å². The zero-order valence-electron chi connectivity index (χ0n) is 8.38. The molecule has 80 valence electrons. The number of amides is 1. The maximum absolute atomic E-state index is 11.2. The third-order valence-electron chi connectivity index (χ3n) is 1.93. The molecule has 5 heteroatoms. The van der Waals surface area contributed by atoms with E-state index in [4.69, 9.17) is 5.11 Å². The minimum atomic E-state index is -1.44. The van der Waals surface area contributed by atoms with Crippen molar-refractivity contribution in [2.45, 2.75) is 13.5 Å². The monoisotopic (exact) mass is 208 g/mol. The number of rotatable bonds is 3. The lowest BCUT2D eigenvalue weighted by Gasteiger charge is -2.17. The third kappa shape index (κ3) is 3.05. The molecule has 0 aliphatic rings. The van der Waals surface area contributed by atoms with E-state index in [0.29, 0.717) is 12.2 Å². The Balaban J connectivity index is 2.70. The topological polar surface area (TPSA) is 70.5 Å². The second-order valence-corrected chi connectivity index (χ2v) is 2.95. The molecule has 0 aliphatic carbocycles. The zero-order chi connectivity index (χ0) is 11.3. The summed E-state index contributed by atoms with van der Waals surface area (Å²) < 4.78 is 0. The summed E-state index contributed by atoms with van der Waals surface area (Å²) in [4.78, 5) is 26.9. The minimum Gasteiger partial charge on any atom is -0.474 e. The number of likely N-dealkylation sites (N-methyl/N-ethyl adjacent to an activating group) is 1. The van der Waals surface area contributed by atoms with E-state index in [1.807, 2.05) is 0 Å². The summed E-state index contributed by atoms with van der Waals surface area (Å²) in [5, 5.41) is 8.55. The summed E-state index contributed by atoms with van der Waals surface area (Å²) >= 11 is 0. The lowest BCUT2D eigenvalue weighted by atomic mass is 10.3. The number of carbonyl (C=O) groups is 2. The van der Waals surface area contributed by atoms with Crippen molar-refractivity contribution in [3.8, 4) is 0 Å². The van der Waals surface area contributed by atoms with Gasteiger partial charge in [0, 0.05) is 12.7 Å². The second kappa shape index (κ2) is 5.09. The van der Waals surface area contributed by atoms with Gasteiger partial charge in [0.1, 0.15) is 0 Å². The molecule has 0 saturated heterocycles. The van der Waals surface area contributed by atoms with Crippen LogP contribution in [0.2, 0.25) is 0 Å². The molecule has 0 aliphatic heterocycles. The summed E-state index contributed by atoms with van der Waals surface area (Å²) in [5.41, 5.74) is 0.675. The van der Waals surface area contributed by atoms with Crippen LogP contribution in [0.1, 0.15) is 12.6 Å². The molecular weight excluding hydrogens is 196 g/mol. The van der Waals surface area contributed by atoms with Gasteiger partial charge in [0.25, 0.3) is 0 Å². The number of carbonyl (C=O) groups excluding carboxylic acids is 1. The normalized spacial score (nSPS) is 9.67. The molecule has 1 N–H and O–H groups in total. The number of hydrogen-bond acceptors (Lipinski definition) is 3. The molecule has 5 nitrogen and oxygen atoms in total. The van der Waals surface area contributed by atoms with Crippen LogP contribution < -0.4 is 0 Å². The first-order chi connectivity index (χ1) is 7.15. The Bertz CT molecular complexity index is 351. The van der Waals surface area contributed by atoms with Crippen molar-refractivity contribution in [3.63, 3.8) is 0 Å². The molecule has 1 amide bonds. The summed E-state index contributed by atoms with van der Waals surface area (Å²) in [6.45, 7) is 2.30. The van der Waals surface area contributed by atoms with Gasteiger partial charge < -0.3 is 10.0 Å². The molecule has 0 fully saturated rings. The van der Waals surface area contributed by atoms with Gasteiger partial charge in [0.2, 0.25) is 0 Å². The quantitative estimate of drug-likeness (QED) is 0.735. The van der Waals surface area contributed by atoms with E-state index in [2.05, 4.69) is 4.98 Å². The van der Waals surface area contributed by atoms with Crippen LogP contribution in [0.5, 0.6) is 0 Å². The number of hydrogen-bond donors (Lipinski definition) is 1. The number of aromatic nitrogens is 1. The van der Waals surface area contributed by atoms with Gasteiger partial charge in [-0.3, -0.25) is 9.78 Å². The molecular formula is C10H12N2O3. The number of aliphatic carboxylic acids is 1. The molecule has 0 unspecified atom stereocenters. The van der Waals surface area contributed by atoms with Crippen LogP contribution in [-0.2, 0) is 16.1 Å². The molecule has 0 atom stereocenters. The maximum atomic E-state index is 11.2. The fourth-order valence-corrected chi connectivity index (χ4v) is 1.15. The van der Waals surface area contributed by atoms with Crippen molar-refractivity contribution >= 4 is 11.9 Å². The smallest absolute Gasteiger partial charge is 0.394 e. The Kier molecular flexibility index (Phi) is 3.79. The molecule has 0 bridgehead atoms. The van der Waals surface area contributed by atoms with Gasteiger partial charge in [-0.05, 0) is 19.1 Å². The van der Waals surface area contributed by atoms with Gasteiger partial charge >= 0.3 is 11.9 Å². The van der Waals surface area contributed by atoms with Gasteiger partial charge in [-0.25, -0.2) is 4.79 Å². The van der Waals surface area contributed by atoms with Crippen LogP contribution in [0.25, 0.3) is 0 Å². The first-order valence-corrected chi connectivity index (χ1v) is 4.57. The Morgan fingerprint density at radius 3 is 2.67 bits per heavy atom. The molecule has 1 aromatic heterocycles. The summed E-state index contributed by atoms with van der Waals surface area (Å²) in [7, 11) is 0. The Hall–Kier alpha value is -1.91. The van der Waals surface area contributed by atoms with Crippen molar-refractivity contribution in [1.82, 2.24) is 9.88 Å². The first kappa shape index (κ1) is 11.2. The van der Waals surface area contributed by atoms with Crippen molar-refractivity contribution in [3.05, 3.63) is 30.1 Å². The van der Waals surface area contributed by atoms with E-state index >= 15 is 0 Å². The highest BCUT2D eigenvalue weighted by molar-refractivity contribution is 6.31. The van der Waals surface area contributed by atoms with Crippen molar-refractivity contribution in [2.75, 3.05) is 6.54 Å². The van der Waals surface area contributed by atoms with Crippen molar-refractivity contribution in [2.24, 2.45) is 0 Å². The van der Waals surface area contributed by atoms with Gasteiger partial charge in [0.05, 0.1) is 12.2 Å². The van der Waals surface area contributed by atoms with Gasteiger partial charge in [-0.15, -0.1) is 0 Å². The van der Waals surface area contributed by atoms with Crippen molar-refractivity contribution < 1.29 is 14.7 Å².